The lowest BCUT2D eigenvalue weighted by Gasteiger charge is -2.37. The van der Waals surface area contributed by atoms with Crippen molar-refractivity contribution in [1.29, 1.82) is 0 Å². The molecule has 1 aromatic carbocycles. The molecule has 24 heavy (non-hydrogen) atoms. The van der Waals surface area contributed by atoms with Crippen LogP contribution >= 0.6 is 0 Å². The molecule has 2 aromatic rings. The minimum absolute atomic E-state index is 0.0111. The van der Waals surface area contributed by atoms with Crippen LogP contribution < -0.4 is 0 Å². The van der Waals surface area contributed by atoms with E-state index in [1.54, 1.807) is 14.0 Å². The van der Waals surface area contributed by atoms with E-state index >= 15 is 0 Å². The molecule has 0 spiro atoms. The van der Waals surface area contributed by atoms with E-state index < -0.39 is 0 Å². The van der Waals surface area contributed by atoms with Crippen LogP contribution in [0.2, 0.25) is 0 Å². The summed E-state index contributed by atoms with van der Waals surface area (Å²) in [5.41, 5.74) is 1.58. The average molecular weight is 330 g/mol. The van der Waals surface area contributed by atoms with Crippen LogP contribution in [0.25, 0.3) is 0 Å². The van der Waals surface area contributed by atoms with Gasteiger partial charge in [-0.15, -0.1) is 0 Å². The van der Waals surface area contributed by atoms with E-state index in [0.29, 0.717) is 37.0 Å². The summed E-state index contributed by atoms with van der Waals surface area (Å²) >= 11 is 0. The monoisotopic (exact) mass is 330 g/mol. The third kappa shape index (κ3) is 3.32. The van der Waals surface area contributed by atoms with Crippen LogP contribution in [-0.2, 0) is 11.3 Å². The van der Waals surface area contributed by atoms with Gasteiger partial charge in [-0.2, -0.15) is 4.98 Å². The normalized spacial score (nSPS) is 18.8. The molecule has 1 aliphatic heterocycles. The Balaban J connectivity index is 1.81. The number of ether oxygens (including phenoxy) is 1. The van der Waals surface area contributed by atoms with Gasteiger partial charge in [-0.05, 0) is 25.6 Å². The molecule has 1 fully saturated rings. The summed E-state index contributed by atoms with van der Waals surface area (Å²) in [7, 11) is 3.63. The van der Waals surface area contributed by atoms with E-state index in [1.165, 1.54) is 0 Å². The zero-order chi connectivity index (χ0) is 17.1. The first-order chi connectivity index (χ1) is 11.6. The number of likely N-dealkylation sites (N-methyl/N-ethyl adjacent to an activating group) is 1. The Morgan fingerprint density at radius 2 is 2.17 bits per heavy atom. The molecule has 128 valence electrons. The number of hydrogen-bond donors (Lipinski definition) is 0. The lowest BCUT2D eigenvalue weighted by Crippen LogP contribution is -2.49. The van der Waals surface area contributed by atoms with Crippen LogP contribution in [0.15, 0.2) is 28.8 Å². The first-order valence-electron chi connectivity index (χ1n) is 7.96. The predicted molar refractivity (Wildman–Crippen MR) is 87.5 cm³/mol. The Hall–Kier alpha value is -2.25. The maximum Gasteiger partial charge on any atom is 0.254 e. The molecule has 7 nitrogen and oxygen atoms in total. The van der Waals surface area contributed by atoms with Gasteiger partial charge in [-0.3, -0.25) is 9.69 Å². The number of aryl methyl sites for hydroxylation is 1. The fraction of sp³-hybridized carbons (Fsp3) is 0.471. The predicted octanol–water partition coefficient (Wildman–Crippen LogP) is 1.65. The number of benzene rings is 1. The van der Waals surface area contributed by atoms with E-state index in [-0.39, 0.29) is 11.9 Å². The van der Waals surface area contributed by atoms with Gasteiger partial charge in [0.1, 0.15) is 6.04 Å². The zero-order valence-corrected chi connectivity index (χ0v) is 14.2. The Morgan fingerprint density at radius 1 is 1.38 bits per heavy atom. The van der Waals surface area contributed by atoms with Crippen molar-refractivity contribution in [2.24, 2.45) is 0 Å². The fourth-order valence-corrected chi connectivity index (χ4v) is 2.95. The number of rotatable bonds is 4. The molecule has 3 rings (SSSR count). The molecule has 1 aliphatic rings. The van der Waals surface area contributed by atoms with Gasteiger partial charge in [-0.25, -0.2) is 0 Å². The van der Waals surface area contributed by atoms with E-state index in [2.05, 4.69) is 15.0 Å². The van der Waals surface area contributed by atoms with Gasteiger partial charge in [0.15, 0.2) is 5.82 Å². The van der Waals surface area contributed by atoms with Crippen LogP contribution in [-0.4, -0.2) is 59.6 Å². The summed E-state index contributed by atoms with van der Waals surface area (Å²) in [6.45, 7) is 4.16. The molecule has 7 heteroatoms. The fourth-order valence-electron chi connectivity index (χ4n) is 2.95. The van der Waals surface area contributed by atoms with Crippen molar-refractivity contribution >= 4 is 5.91 Å². The van der Waals surface area contributed by atoms with Crippen LogP contribution in [0.1, 0.15) is 33.7 Å². The quantitative estimate of drug-likeness (QED) is 0.849. The Labute approximate surface area is 141 Å². The summed E-state index contributed by atoms with van der Waals surface area (Å²) < 4.78 is 10.5. The third-order valence-electron chi connectivity index (χ3n) is 4.31. The van der Waals surface area contributed by atoms with Gasteiger partial charge in [0.05, 0.1) is 6.61 Å². The Kier molecular flexibility index (Phi) is 4.92. The minimum Gasteiger partial charge on any atom is -0.380 e. The van der Waals surface area contributed by atoms with Gasteiger partial charge in [0.25, 0.3) is 5.91 Å². The first-order valence-corrected chi connectivity index (χ1v) is 7.96. The molecular weight excluding hydrogens is 308 g/mol. The van der Waals surface area contributed by atoms with Crippen molar-refractivity contribution in [2.75, 3.05) is 33.8 Å². The van der Waals surface area contributed by atoms with Crippen molar-refractivity contribution in [1.82, 2.24) is 19.9 Å². The minimum atomic E-state index is -0.0847. The van der Waals surface area contributed by atoms with Crippen LogP contribution in [0.5, 0.6) is 0 Å². The highest BCUT2D eigenvalue weighted by Gasteiger charge is 2.32. The SMILES string of the molecule is COCc1ccccc1C(=O)N1CCN(C)C(c2nc(C)no2)C1. The molecule has 1 amide bonds. The smallest absolute Gasteiger partial charge is 0.254 e. The van der Waals surface area contributed by atoms with Crippen LogP contribution in [0.3, 0.4) is 0 Å². The number of nitrogens with zero attached hydrogens (tertiary/aromatic N) is 4. The summed E-state index contributed by atoms with van der Waals surface area (Å²) in [6, 6.07) is 7.48. The van der Waals surface area contributed by atoms with Crippen molar-refractivity contribution in [2.45, 2.75) is 19.6 Å². The summed E-state index contributed by atoms with van der Waals surface area (Å²) in [5, 5.41) is 3.86. The zero-order valence-electron chi connectivity index (χ0n) is 14.2. The number of piperazine rings is 1. The largest absolute Gasteiger partial charge is 0.380 e. The van der Waals surface area contributed by atoms with Crippen LogP contribution in [0, 0.1) is 6.92 Å². The number of carbonyl (C=O) groups is 1. The van der Waals surface area contributed by atoms with E-state index in [4.69, 9.17) is 9.26 Å². The number of carbonyl (C=O) groups excluding carboxylic acids is 1. The molecule has 2 heterocycles. The highest BCUT2D eigenvalue weighted by Crippen LogP contribution is 2.24. The van der Waals surface area contributed by atoms with Crippen molar-refractivity contribution in [3.8, 4) is 0 Å². The van der Waals surface area contributed by atoms with Gasteiger partial charge in [0, 0.05) is 32.3 Å². The van der Waals surface area contributed by atoms with Crippen molar-refractivity contribution < 1.29 is 14.1 Å². The summed E-state index contributed by atoms with van der Waals surface area (Å²) in [5.74, 6) is 1.17. The summed E-state index contributed by atoms with van der Waals surface area (Å²) in [4.78, 5) is 21.3. The second-order valence-corrected chi connectivity index (χ2v) is 6.02. The maximum absolute atomic E-state index is 13.0. The van der Waals surface area contributed by atoms with Gasteiger partial charge in [0.2, 0.25) is 5.89 Å². The molecule has 1 unspecified atom stereocenters. The molecule has 0 saturated carbocycles. The summed E-state index contributed by atoms with van der Waals surface area (Å²) in [6.07, 6.45) is 0. The van der Waals surface area contributed by atoms with Crippen molar-refractivity contribution in [3.05, 3.63) is 47.1 Å². The lowest BCUT2D eigenvalue weighted by atomic mass is 10.1. The number of amides is 1. The first kappa shape index (κ1) is 16.6. The van der Waals surface area contributed by atoms with Gasteiger partial charge >= 0.3 is 0 Å². The molecular formula is C17H22N4O3. The molecule has 1 saturated heterocycles. The maximum atomic E-state index is 13.0. The third-order valence-corrected chi connectivity index (χ3v) is 4.31. The second-order valence-electron chi connectivity index (χ2n) is 6.02. The standard InChI is InChI=1S/C17H22N4O3/c1-12-18-16(24-19-12)15-10-21(9-8-20(15)2)17(22)14-7-5-4-6-13(14)11-23-3/h4-7,15H,8-11H2,1-3H3. The second kappa shape index (κ2) is 7.11. The topological polar surface area (TPSA) is 71.7 Å². The number of methoxy groups -OCH3 is 1. The molecule has 1 aromatic heterocycles. The highest BCUT2D eigenvalue weighted by molar-refractivity contribution is 5.95. The van der Waals surface area contributed by atoms with Crippen LogP contribution in [0.4, 0.5) is 0 Å². The van der Waals surface area contributed by atoms with E-state index in [0.717, 1.165) is 12.1 Å². The lowest BCUT2D eigenvalue weighted by molar-refractivity contribution is 0.0485. The Bertz CT molecular complexity index is 715. The molecule has 0 radical (unpaired) electrons. The Morgan fingerprint density at radius 3 is 2.88 bits per heavy atom. The molecule has 0 bridgehead atoms. The molecule has 1 atom stereocenters. The molecule has 0 aliphatic carbocycles. The number of aromatic nitrogens is 2. The average Bonchev–Trinajstić information content (AvgIpc) is 3.02. The van der Waals surface area contributed by atoms with E-state index in [9.17, 15) is 4.79 Å². The number of hydrogen-bond acceptors (Lipinski definition) is 6. The molecule has 0 N–H and O–H groups in total. The highest BCUT2D eigenvalue weighted by atomic mass is 16.5. The van der Waals surface area contributed by atoms with Crippen molar-refractivity contribution in [3.63, 3.8) is 0 Å². The van der Waals surface area contributed by atoms with E-state index in [1.807, 2.05) is 36.2 Å². The van der Waals surface area contributed by atoms with Gasteiger partial charge in [-0.1, -0.05) is 23.4 Å². The van der Waals surface area contributed by atoms with Gasteiger partial charge < -0.3 is 14.2 Å².